The van der Waals surface area contributed by atoms with Crippen molar-refractivity contribution in [2.75, 3.05) is 0 Å². The largest absolute Gasteiger partial charge is 0.386 e. The number of hydrogen-bond acceptors (Lipinski definition) is 2. The summed E-state index contributed by atoms with van der Waals surface area (Å²) in [7, 11) is 0. The molecule has 0 aliphatic heterocycles. The Morgan fingerprint density at radius 3 is 2.84 bits per heavy atom. The first-order valence-corrected chi connectivity index (χ1v) is 6.86. The van der Waals surface area contributed by atoms with Crippen molar-refractivity contribution in [3.63, 3.8) is 0 Å². The molecule has 1 atom stereocenters. The Balaban J connectivity index is 2.18. The zero-order valence-corrected chi connectivity index (χ0v) is 11.9. The van der Waals surface area contributed by atoms with E-state index in [0.29, 0.717) is 6.42 Å². The lowest BCUT2D eigenvalue weighted by atomic mass is 9.99. The summed E-state index contributed by atoms with van der Waals surface area (Å²) in [6.45, 7) is 7.20. The van der Waals surface area contributed by atoms with Gasteiger partial charge in [0.05, 0.1) is 24.3 Å². The van der Waals surface area contributed by atoms with Gasteiger partial charge in [-0.15, -0.1) is 0 Å². The molecule has 3 heteroatoms. The molecule has 1 aromatic heterocycles. The van der Waals surface area contributed by atoms with E-state index in [2.05, 4.69) is 44.0 Å². The average Bonchev–Trinajstić information content (AvgIpc) is 2.82. The van der Waals surface area contributed by atoms with Gasteiger partial charge in [0.25, 0.3) is 0 Å². The van der Waals surface area contributed by atoms with Crippen LogP contribution in [-0.4, -0.2) is 14.7 Å². The second kappa shape index (κ2) is 6.02. The number of aliphatic hydroxyl groups is 1. The minimum Gasteiger partial charge on any atom is -0.386 e. The molecule has 1 N–H and O–H groups in total. The van der Waals surface area contributed by atoms with E-state index in [1.165, 1.54) is 16.7 Å². The first kappa shape index (κ1) is 13.8. The third kappa shape index (κ3) is 3.24. The van der Waals surface area contributed by atoms with Crippen molar-refractivity contribution in [2.45, 2.75) is 46.3 Å². The lowest BCUT2D eigenvalue weighted by Crippen LogP contribution is -2.10. The van der Waals surface area contributed by atoms with E-state index < -0.39 is 6.10 Å². The van der Waals surface area contributed by atoms with Gasteiger partial charge in [0.1, 0.15) is 0 Å². The van der Waals surface area contributed by atoms with Gasteiger partial charge in [-0.2, -0.15) is 0 Å². The highest BCUT2D eigenvalue weighted by atomic mass is 16.3. The fraction of sp³-hybridized carbons (Fsp3) is 0.438. The van der Waals surface area contributed by atoms with Crippen molar-refractivity contribution in [2.24, 2.45) is 0 Å². The highest BCUT2D eigenvalue weighted by Crippen LogP contribution is 2.21. The predicted molar refractivity (Wildman–Crippen MR) is 77.1 cm³/mol. The number of aromatic nitrogens is 2. The van der Waals surface area contributed by atoms with Gasteiger partial charge in [-0.1, -0.05) is 30.7 Å². The number of rotatable bonds is 5. The standard InChI is InChI=1S/C16H22N2O/c1-4-7-18-11-17-10-15(18)16(19)9-14-8-12(2)5-6-13(14)3/h5-6,8,10-11,16,19H,4,7,9H2,1-3H3. The fourth-order valence-electron chi connectivity index (χ4n) is 2.37. The molecule has 0 spiro atoms. The molecule has 0 radical (unpaired) electrons. The van der Waals surface area contributed by atoms with Gasteiger partial charge in [-0.3, -0.25) is 0 Å². The topological polar surface area (TPSA) is 38.0 Å². The van der Waals surface area contributed by atoms with Gasteiger partial charge in [-0.25, -0.2) is 4.98 Å². The Morgan fingerprint density at radius 1 is 1.32 bits per heavy atom. The van der Waals surface area contributed by atoms with Gasteiger partial charge in [-0.05, 0) is 31.4 Å². The van der Waals surface area contributed by atoms with Gasteiger partial charge in [0, 0.05) is 13.0 Å². The zero-order valence-electron chi connectivity index (χ0n) is 11.9. The molecule has 0 aliphatic rings. The average molecular weight is 258 g/mol. The van der Waals surface area contributed by atoms with E-state index in [1.54, 1.807) is 12.5 Å². The number of imidazole rings is 1. The van der Waals surface area contributed by atoms with E-state index in [4.69, 9.17) is 0 Å². The van der Waals surface area contributed by atoms with E-state index in [1.807, 2.05) is 4.57 Å². The van der Waals surface area contributed by atoms with Crippen LogP contribution >= 0.6 is 0 Å². The minimum absolute atomic E-state index is 0.491. The van der Waals surface area contributed by atoms with Crippen molar-refractivity contribution in [1.29, 1.82) is 0 Å². The van der Waals surface area contributed by atoms with Crippen LogP contribution in [0.5, 0.6) is 0 Å². The summed E-state index contributed by atoms with van der Waals surface area (Å²) >= 11 is 0. The predicted octanol–water partition coefficient (Wildman–Crippen LogP) is 3.19. The molecule has 1 heterocycles. The molecular formula is C16H22N2O. The Labute approximate surface area is 114 Å². The Bertz CT molecular complexity index is 545. The molecule has 1 unspecified atom stereocenters. The molecule has 0 aliphatic carbocycles. The van der Waals surface area contributed by atoms with Crippen molar-refractivity contribution < 1.29 is 5.11 Å². The van der Waals surface area contributed by atoms with Crippen LogP contribution < -0.4 is 0 Å². The molecule has 2 aromatic rings. The number of nitrogens with zero attached hydrogens (tertiary/aromatic N) is 2. The van der Waals surface area contributed by atoms with Gasteiger partial charge < -0.3 is 9.67 Å². The maximum absolute atomic E-state index is 10.4. The van der Waals surface area contributed by atoms with E-state index in [9.17, 15) is 5.11 Å². The monoisotopic (exact) mass is 258 g/mol. The second-order valence-electron chi connectivity index (χ2n) is 5.16. The van der Waals surface area contributed by atoms with Crippen LogP contribution in [0.4, 0.5) is 0 Å². The first-order chi connectivity index (χ1) is 9.11. The molecule has 0 amide bonds. The maximum Gasteiger partial charge on any atom is 0.0996 e. The van der Waals surface area contributed by atoms with Crippen LogP contribution in [0.1, 0.15) is 41.8 Å². The van der Waals surface area contributed by atoms with Gasteiger partial charge in [0.2, 0.25) is 0 Å². The number of aliphatic hydroxyl groups excluding tert-OH is 1. The van der Waals surface area contributed by atoms with Crippen molar-refractivity contribution in [1.82, 2.24) is 9.55 Å². The van der Waals surface area contributed by atoms with Crippen molar-refractivity contribution in [3.8, 4) is 0 Å². The summed E-state index contributed by atoms with van der Waals surface area (Å²) in [6.07, 6.45) is 4.76. The molecule has 3 nitrogen and oxygen atoms in total. The molecule has 0 saturated heterocycles. The Morgan fingerprint density at radius 2 is 2.11 bits per heavy atom. The van der Waals surface area contributed by atoms with Crippen LogP contribution in [0.15, 0.2) is 30.7 Å². The number of benzene rings is 1. The summed E-state index contributed by atoms with van der Waals surface area (Å²) in [5.41, 5.74) is 4.57. The smallest absolute Gasteiger partial charge is 0.0996 e. The molecule has 0 saturated carbocycles. The Hall–Kier alpha value is -1.61. The highest BCUT2D eigenvalue weighted by Gasteiger charge is 2.14. The van der Waals surface area contributed by atoms with Crippen LogP contribution in [0, 0.1) is 13.8 Å². The Kier molecular flexibility index (Phi) is 4.38. The van der Waals surface area contributed by atoms with Crippen LogP contribution in [0.2, 0.25) is 0 Å². The summed E-state index contributed by atoms with van der Waals surface area (Å²) < 4.78 is 2.04. The maximum atomic E-state index is 10.4. The third-order valence-corrected chi connectivity index (χ3v) is 3.47. The van der Waals surface area contributed by atoms with E-state index in [-0.39, 0.29) is 0 Å². The van der Waals surface area contributed by atoms with Crippen LogP contribution in [0.25, 0.3) is 0 Å². The molecule has 0 fully saturated rings. The van der Waals surface area contributed by atoms with Crippen LogP contribution in [0.3, 0.4) is 0 Å². The first-order valence-electron chi connectivity index (χ1n) is 6.86. The summed E-state index contributed by atoms with van der Waals surface area (Å²) in [5.74, 6) is 0. The lowest BCUT2D eigenvalue weighted by Gasteiger charge is -2.15. The highest BCUT2D eigenvalue weighted by molar-refractivity contribution is 5.31. The molecule has 19 heavy (non-hydrogen) atoms. The molecule has 1 aromatic carbocycles. The normalized spacial score (nSPS) is 12.6. The van der Waals surface area contributed by atoms with E-state index in [0.717, 1.165) is 18.7 Å². The quantitative estimate of drug-likeness (QED) is 0.894. The van der Waals surface area contributed by atoms with Crippen LogP contribution in [-0.2, 0) is 13.0 Å². The molecule has 102 valence electrons. The lowest BCUT2D eigenvalue weighted by molar-refractivity contribution is 0.168. The molecular weight excluding hydrogens is 236 g/mol. The fourth-order valence-corrected chi connectivity index (χ4v) is 2.37. The summed E-state index contributed by atoms with van der Waals surface area (Å²) in [6, 6.07) is 6.37. The summed E-state index contributed by atoms with van der Waals surface area (Å²) in [5, 5.41) is 10.4. The molecule has 0 bridgehead atoms. The van der Waals surface area contributed by atoms with Crippen molar-refractivity contribution >= 4 is 0 Å². The van der Waals surface area contributed by atoms with E-state index >= 15 is 0 Å². The summed E-state index contributed by atoms with van der Waals surface area (Å²) in [4.78, 5) is 4.15. The van der Waals surface area contributed by atoms with Gasteiger partial charge >= 0.3 is 0 Å². The number of hydrogen-bond donors (Lipinski definition) is 1. The zero-order chi connectivity index (χ0) is 13.8. The van der Waals surface area contributed by atoms with Crippen molar-refractivity contribution in [3.05, 3.63) is 53.1 Å². The SMILES string of the molecule is CCCn1cncc1C(O)Cc1cc(C)ccc1C. The van der Waals surface area contributed by atoms with Gasteiger partial charge in [0.15, 0.2) is 0 Å². The molecule has 2 rings (SSSR count). The number of aryl methyl sites for hydroxylation is 3. The second-order valence-corrected chi connectivity index (χ2v) is 5.16. The minimum atomic E-state index is -0.491. The third-order valence-electron chi connectivity index (χ3n) is 3.47.